The zero-order chi connectivity index (χ0) is 23.7. The van der Waals surface area contributed by atoms with Gasteiger partial charge in [-0.25, -0.2) is 9.89 Å². The Balaban J connectivity index is 1.95. The number of H-pyrrole nitrogens is 1. The number of aryl methyl sites for hydroxylation is 2. The van der Waals surface area contributed by atoms with Crippen LogP contribution in [0, 0.1) is 25.2 Å². The molecule has 0 aliphatic carbocycles. The second-order valence-electron chi connectivity index (χ2n) is 9.89. The number of rotatable bonds is 8. The van der Waals surface area contributed by atoms with Crippen molar-refractivity contribution in [2.75, 3.05) is 6.61 Å². The Kier molecular flexibility index (Phi) is 7.03. The molecule has 5 nitrogen and oxygen atoms in total. The summed E-state index contributed by atoms with van der Waals surface area (Å²) in [5.41, 5.74) is 3.61. The lowest BCUT2D eigenvalue weighted by Crippen LogP contribution is -2.25. The van der Waals surface area contributed by atoms with Crippen molar-refractivity contribution in [2.24, 2.45) is 11.3 Å². The topological polar surface area (TPSA) is 68.1 Å². The number of thiophene rings is 1. The first kappa shape index (κ1) is 24.3. The summed E-state index contributed by atoms with van der Waals surface area (Å²) in [7, 11) is 0. The lowest BCUT2D eigenvalue weighted by Gasteiger charge is -2.32. The number of nitrogens with zero attached hydrogens (tertiary/aromatic N) is 1. The van der Waals surface area contributed by atoms with Crippen LogP contribution in [0.4, 0.5) is 0 Å². The molecule has 3 rings (SSSR count). The van der Waals surface area contributed by atoms with Crippen molar-refractivity contribution in [3.63, 3.8) is 0 Å². The van der Waals surface area contributed by atoms with E-state index >= 15 is 0 Å². The third-order valence-electron chi connectivity index (χ3n) is 6.92. The van der Waals surface area contributed by atoms with Gasteiger partial charge in [-0.15, -0.1) is 16.4 Å². The Morgan fingerprint density at radius 3 is 2.34 bits per heavy atom. The molecule has 3 aromatic rings. The van der Waals surface area contributed by atoms with Crippen LogP contribution in [0.3, 0.4) is 0 Å². The molecule has 32 heavy (non-hydrogen) atoms. The molecule has 0 aliphatic rings. The maximum atomic E-state index is 11.4. The molecule has 2 aromatic heterocycles. The van der Waals surface area contributed by atoms with Crippen LogP contribution in [0.1, 0.15) is 76.0 Å². The summed E-state index contributed by atoms with van der Waals surface area (Å²) in [6, 6.07) is 8.81. The van der Waals surface area contributed by atoms with Crippen molar-refractivity contribution in [3.8, 4) is 16.5 Å². The molecule has 0 spiro atoms. The number of hydrogen-bond donors (Lipinski definition) is 1. The highest BCUT2D eigenvalue weighted by Gasteiger charge is 2.34. The summed E-state index contributed by atoms with van der Waals surface area (Å²) < 4.78 is 11.4. The zero-order valence-electron chi connectivity index (χ0n) is 20.6. The van der Waals surface area contributed by atoms with Crippen LogP contribution >= 0.6 is 11.3 Å². The Morgan fingerprint density at radius 2 is 1.81 bits per heavy atom. The van der Waals surface area contributed by atoms with Gasteiger partial charge < -0.3 is 9.15 Å². The molecule has 1 N–H and O–H groups in total. The lowest BCUT2D eigenvalue weighted by molar-refractivity contribution is 0.160. The molecule has 6 heteroatoms. The van der Waals surface area contributed by atoms with Crippen molar-refractivity contribution in [1.29, 1.82) is 0 Å². The fraction of sp³-hybridized carbons (Fsp3) is 0.538. The number of nitrogens with one attached hydrogen (secondary N) is 1. The molecule has 0 saturated carbocycles. The number of hydrogen-bond acceptors (Lipinski definition) is 5. The van der Waals surface area contributed by atoms with Crippen LogP contribution in [0.5, 0.6) is 5.75 Å². The largest absolute Gasteiger partial charge is 0.493 e. The molecule has 0 aliphatic heterocycles. The van der Waals surface area contributed by atoms with Crippen molar-refractivity contribution >= 4 is 11.3 Å². The van der Waals surface area contributed by atoms with Crippen LogP contribution in [0.2, 0.25) is 0 Å². The Hall–Kier alpha value is -2.34. The smallest absolute Gasteiger partial charge is 0.434 e. The predicted octanol–water partition coefficient (Wildman–Crippen LogP) is 6.88. The molecule has 1 aromatic carbocycles. The number of ether oxygens (including phenoxy) is 1. The predicted molar refractivity (Wildman–Crippen MR) is 132 cm³/mol. The van der Waals surface area contributed by atoms with E-state index in [2.05, 4.69) is 82.9 Å². The van der Waals surface area contributed by atoms with Crippen LogP contribution < -0.4 is 10.5 Å². The number of aromatic amines is 1. The highest BCUT2D eigenvalue weighted by Crippen LogP contribution is 2.46. The molecule has 0 radical (unpaired) electrons. The first-order valence-corrected chi connectivity index (χ1v) is 12.2. The minimum Gasteiger partial charge on any atom is -0.493 e. The summed E-state index contributed by atoms with van der Waals surface area (Å²) in [5.74, 6) is 1.24. The van der Waals surface area contributed by atoms with E-state index in [1.807, 2.05) is 6.92 Å². The van der Waals surface area contributed by atoms with Crippen LogP contribution in [0.25, 0.3) is 10.8 Å². The molecule has 1 unspecified atom stereocenters. The third kappa shape index (κ3) is 4.70. The van der Waals surface area contributed by atoms with Gasteiger partial charge in [0, 0.05) is 10.3 Å². The first-order chi connectivity index (χ1) is 15.0. The second kappa shape index (κ2) is 9.26. The van der Waals surface area contributed by atoms with Gasteiger partial charge >= 0.3 is 5.76 Å². The monoisotopic (exact) mass is 456 g/mol. The van der Waals surface area contributed by atoms with E-state index in [1.54, 1.807) is 11.3 Å². The average Bonchev–Trinajstić information content (AvgIpc) is 3.33. The molecule has 0 saturated heterocycles. The van der Waals surface area contributed by atoms with Crippen molar-refractivity contribution in [2.45, 2.75) is 73.6 Å². The molecule has 1 atom stereocenters. The number of aromatic nitrogens is 2. The molecule has 0 bridgehead atoms. The fourth-order valence-corrected chi connectivity index (χ4v) is 5.43. The Morgan fingerprint density at radius 1 is 1.12 bits per heavy atom. The average molecular weight is 457 g/mol. The van der Waals surface area contributed by atoms with Gasteiger partial charge in [0.1, 0.15) is 5.75 Å². The van der Waals surface area contributed by atoms with Crippen molar-refractivity contribution < 1.29 is 9.15 Å². The van der Waals surface area contributed by atoms with Gasteiger partial charge in [0.05, 0.1) is 11.5 Å². The van der Waals surface area contributed by atoms with E-state index in [4.69, 9.17) is 9.15 Å². The van der Waals surface area contributed by atoms with Gasteiger partial charge in [-0.05, 0) is 66.8 Å². The van der Waals surface area contributed by atoms with Gasteiger partial charge in [0.2, 0.25) is 0 Å². The van der Waals surface area contributed by atoms with E-state index < -0.39 is 5.76 Å². The van der Waals surface area contributed by atoms with E-state index in [0.717, 1.165) is 34.6 Å². The van der Waals surface area contributed by atoms with Crippen LogP contribution in [-0.4, -0.2) is 16.8 Å². The van der Waals surface area contributed by atoms with Gasteiger partial charge in [-0.3, -0.25) is 0 Å². The molecule has 2 heterocycles. The Labute approximate surface area is 195 Å². The minimum absolute atomic E-state index is 0.119. The maximum Gasteiger partial charge on any atom is 0.434 e. The molecule has 0 fully saturated rings. The standard InChI is InChI=1S/C26H36N2O3S/c1-9-26(10-2,21-14-17(4)22(32-21)23-27-28-24(29)31-23)19-11-12-20(16(3)13-19)30-15-18(5)25(6,7)8/h11-14,18H,9-10,15H2,1-8H3,(H,28,29). The van der Waals surface area contributed by atoms with E-state index in [1.165, 1.54) is 10.4 Å². The van der Waals surface area contributed by atoms with E-state index in [-0.39, 0.29) is 10.8 Å². The van der Waals surface area contributed by atoms with Gasteiger partial charge in [-0.1, -0.05) is 53.7 Å². The summed E-state index contributed by atoms with van der Waals surface area (Å²) in [6.45, 7) is 18.3. The van der Waals surface area contributed by atoms with Crippen LogP contribution in [-0.2, 0) is 5.41 Å². The van der Waals surface area contributed by atoms with Gasteiger partial charge in [0.25, 0.3) is 5.89 Å². The molecular weight excluding hydrogens is 420 g/mol. The summed E-state index contributed by atoms with van der Waals surface area (Å²) in [4.78, 5) is 13.6. The van der Waals surface area contributed by atoms with E-state index in [0.29, 0.717) is 18.4 Å². The van der Waals surface area contributed by atoms with Crippen LogP contribution in [0.15, 0.2) is 33.5 Å². The lowest BCUT2D eigenvalue weighted by atomic mass is 9.74. The maximum absolute atomic E-state index is 11.4. The zero-order valence-corrected chi connectivity index (χ0v) is 21.4. The van der Waals surface area contributed by atoms with Gasteiger partial charge in [-0.2, -0.15) is 0 Å². The summed E-state index contributed by atoms with van der Waals surface area (Å²) in [5, 5.41) is 6.40. The van der Waals surface area contributed by atoms with Crippen molar-refractivity contribution in [1.82, 2.24) is 10.2 Å². The SMILES string of the molecule is CCC(CC)(c1ccc(OCC(C)C(C)(C)C)c(C)c1)c1cc(C)c(-c2n[nH]c(=O)o2)s1. The fourth-order valence-electron chi connectivity index (χ4n) is 3.98. The number of benzene rings is 1. The van der Waals surface area contributed by atoms with E-state index in [9.17, 15) is 4.79 Å². The highest BCUT2D eigenvalue weighted by molar-refractivity contribution is 7.15. The van der Waals surface area contributed by atoms with Crippen molar-refractivity contribution in [3.05, 3.63) is 56.4 Å². The second-order valence-corrected chi connectivity index (χ2v) is 10.9. The van der Waals surface area contributed by atoms with Gasteiger partial charge in [0.15, 0.2) is 0 Å². The molecule has 0 amide bonds. The third-order valence-corrected chi connectivity index (χ3v) is 8.35. The first-order valence-electron chi connectivity index (χ1n) is 11.4. The summed E-state index contributed by atoms with van der Waals surface area (Å²) in [6.07, 6.45) is 1.93. The Bertz CT molecular complexity index is 1110. The minimum atomic E-state index is -0.529. The molecular formula is C26H36N2O3S. The normalized spacial score (nSPS) is 13.4. The summed E-state index contributed by atoms with van der Waals surface area (Å²) >= 11 is 1.66. The highest BCUT2D eigenvalue weighted by atomic mass is 32.1. The quantitative estimate of drug-likeness (QED) is 0.401. The molecule has 174 valence electrons.